The van der Waals surface area contributed by atoms with Crippen LogP contribution in [0.3, 0.4) is 0 Å². The molecule has 0 heterocycles. The minimum atomic E-state index is 0.402. The van der Waals surface area contributed by atoms with Crippen LogP contribution in [0.25, 0.3) is 0 Å². The third kappa shape index (κ3) is 5.92. The fourth-order valence-corrected chi connectivity index (χ4v) is 1.37. The van der Waals surface area contributed by atoms with Gasteiger partial charge in [0, 0.05) is 13.6 Å². The standard InChI is InChI=1S/C13H21N3O/c1-11(8-16-13(14)15-2)9-17-10-12-6-4-3-5-7-12/h3-7,11H,8-10H2,1-2H3,(H3,14,15,16). The van der Waals surface area contributed by atoms with E-state index in [0.717, 1.165) is 6.54 Å². The van der Waals surface area contributed by atoms with Crippen LogP contribution >= 0.6 is 0 Å². The first-order valence-electron chi connectivity index (χ1n) is 5.80. The first kappa shape index (κ1) is 13.5. The normalized spacial score (nSPS) is 13.4. The average molecular weight is 235 g/mol. The predicted octanol–water partition coefficient (Wildman–Crippen LogP) is 1.37. The molecule has 3 N–H and O–H groups in total. The third-order valence-electron chi connectivity index (χ3n) is 2.39. The number of guanidine groups is 1. The SMILES string of the molecule is CN=C(N)NCC(C)COCc1ccccc1. The largest absolute Gasteiger partial charge is 0.376 e. The zero-order valence-electron chi connectivity index (χ0n) is 10.5. The molecule has 0 saturated carbocycles. The van der Waals surface area contributed by atoms with Gasteiger partial charge in [0.05, 0.1) is 13.2 Å². The molecule has 0 aliphatic carbocycles. The summed E-state index contributed by atoms with van der Waals surface area (Å²) >= 11 is 0. The zero-order valence-corrected chi connectivity index (χ0v) is 10.5. The molecule has 1 unspecified atom stereocenters. The quantitative estimate of drug-likeness (QED) is 0.578. The van der Waals surface area contributed by atoms with E-state index in [-0.39, 0.29) is 0 Å². The van der Waals surface area contributed by atoms with Crippen molar-refractivity contribution in [2.45, 2.75) is 13.5 Å². The summed E-state index contributed by atoms with van der Waals surface area (Å²) in [5.41, 5.74) is 6.74. The molecule has 0 aliphatic rings. The number of nitrogens with zero attached hydrogens (tertiary/aromatic N) is 1. The highest BCUT2D eigenvalue weighted by molar-refractivity contribution is 5.77. The summed E-state index contributed by atoms with van der Waals surface area (Å²) in [5, 5.41) is 3.03. The van der Waals surface area contributed by atoms with Crippen molar-refractivity contribution in [3.05, 3.63) is 35.9 Å². The van der Waals surface area contributed by atoms with Crippen LogP contribution in [0.1, 0.15) is 12.5 Å². The molecule has 1 aromatic rings. The van der Waals surface area contributed by atoms with Crippen molar-refractivity contribution in [1.29, 1.82) is 0 Å². The Morgan fingerprint density at radius 3 is 2.76 bits per heavy atom. The van der Waals surface area contributed by atoms with Gasteiger partial charge in [0.2, 0.25) is 0 Å². The first-order chi connectivity index (χ1) is 8.22. The Morgan fingerprint density at radius 2 is 2.12 bits per heavy atom. The topological polar surface area (TPSA) is 59.6 Å². The Kier molecular flexibility index (Phi) is 6.10. The Hall–Kier alpha value is -1.55. The second kappa shape index (κ2) is 7.68. The Labute approximate surface area is 103 Å². The number of benzene rings is 1. The van der Waals surface area contributed by atoms with Crippen molar-refractivity contribution in [3.8, 4) is 0 Å². The summed E-state index contributed by atoms with van der Waals surface area (Å²) in [5.74, 6) is 0.874. The van der Waals surface area contributed by atoms with Gasteiger partial charge in [-0.15, -0.1) is 0 Å². The van der Waals surface area contributed by atoms with Crippen LogP contribution in [0.15, 0.2) is 35.3 Å². The van der Waals surface area contributed by atoms with Crippen molar-refractivity contribution < 1.29 is 4.74 Å². The van der Waals surface area contributed by atoms with E-state index in [1.807, 2.05) is 18.2 Å². The number of nitrogens with two attached hydrogens (primary N) is 1. The highest BCUT2D eigenvalue weighted by Crippen LogP contribution is 2.02. The third-order valence-corrected chi connectivity index (χ3v) is 2.39. The van der Waals surface area contributed by atoms with E-state index in [9.17, 15) is 0 Å². The second-order valence-electron chi connectivity index (χ2n) is 4.10. The zero-order chi connectivity index (χ0) is 12.5. The summed E-state index contributed by atoms with van der Waals surface area (Å²) in [4.78, 5) is 3.83. The molecule has 0 spiro atoms. The molecule has 0 saturated heterocycles. The average Bonchev–Trinajstić information content (AvgIpc) is 2.37. The lowest BCUT2D eigenvalue weighted by Crippen LogP contribution is -2.35. The Morgan fingerprint density at radius 1 is 1.41 bits per heavy atom. The van der Waals surface area contributed by atoms with Gasteiger partial charge in [-0.25, -0.2) is 0 Å². The highest BCUT2D eigenvalue weighted by atomic mass is 16.5. The number of hydrogen-bond donors (Lipinski definition) is 2. The molecule has 0 bridgehead atoms. The lowest BCUT2D eigenvalue weighted by Gasteiger charge is -2.13. The van der Waals surface area contributed by atoms with Crippen LogP contribution in [0.5, 0.6) is 0 Å². The summed E-state index contributed by atoms with van der Waals surface area (Å²) < 4.78 is 5.63. The van der Waals surface area contributed by atoms with Crippen LogP contribution < -0.4 is 11.1 Å². The number of rotatable bonds is 6. The molecule has 4 nitrogen and oxygen atoms in total. The number of ether oxygens (including phenoxy) is 1. The first-order valence-corrected chi connectivity index (χ1v) is 5.80. The van der Waals surface area contributed by atoms with Crippen molar-refractivity contribution >= 4 is 5.96 Å². The molecule has 4 heteroatoms. The van der Waals surface area contributed by atoms with Crippen molar-refractivity contribution in [3.63, 3.8) is 0 Å². The molecule has 1 aromatic carbocycles. The van der Waals surface area contributed by atoms with Crippen molar-refractivity contribution in [1.82, 2.24) is 5.32 Å². The van der Waals surface area contributed by atoms with Gasteiger partial charge >= 0.3 is 0 Å². The molecule has 1 rings (SSSR count). The van der Waals surface area contributed by atoms with Crippen molar-refractivity contribution in [2.24, 2.45) is 16.6 Å². The monoisotopic (exact) mass is 235 g/mol. The Balaban J connectivity index is 2.14. The summed E-state index contributed by atoms with van der Waals surface area (Å²) in [6.07, 6.45) is 0. The van der Waals surface area contributed by atoms with Gasteiger partial charge in [0.25, 0.3) is 0 Å². The lowest BCUT2D eigenvalue weighted by molar-refractivity contribution is 0.0931. The highest BCUT2D eigenvalue weighted by Gasteiger charge is 2.02. The van der Waals surface area contributed by atoms with Gasteiger partial charge in [-0.2, -0.15) is 0 Å². The van der Waals surface area contributed by atoms with E-state index in [2.05, 4.69) is 29.4 Å². The lowest BCUT2D eigenvalue weighted by atomic mass is 10.2. The molecule has 0 aromatic heterocycles. The van der Waals surface area contributed by atoms with Crippen LogP contribution in [0.4, 0.5) is 0 Å². The van der Waals surface area contributed by atoms with E-state index in [1.54, 1.807) is 7.05 Å². The smallest absolute Gasteiger partial charge is 0.188 e. The summed E-state index contributed by atoms with van der Waals surface area (Å²) in [6, 6.07) is 10.2. The van der Waals surface area contributed by atoms with E-state index in [1.165, 1.54) is 5.56 Å². The second-order valence-corrected chi connectivity index (χ2v) is 4.10. The van der Waals surface area contributed by atoms with Gasteiger partial charge in [-0.1, -0.05) is 37.3 Å². The molecule has 0 aliphatic heterocycles. The summed E-state index contributed by atoms with van der Waals surface area (Å²) in [6.45, 7) is 4.25. The van der Waals surface area contributed by atoms with E-state index in [0.29, 0.717) is 25.1 Å². The maximum atomic E-state index is 5.63. The Bertz CT molecular complexity index is 338. The van der Waals surface area contributed by atoms with Crippen LogP contribution in [-0.4, -0.2) is 26.2 Å². The maximum Gasteiger partial charge on any atom is 0.188 e. The van der Waals surface area contributed by atoms with Crippen molar-refractivity contribution in [2.75, 3.05) is 20.2 Å². The van der Waals surface area contributed by atoms with Gasteiger partial charge in [-0.05, 0) is 11.5 Å². The molecule has 0 radical (unpaired) electrons. The number of aliphatic imine (C=N–C) groups is 1. The van der Waals surface area contributed by atoms with Gasteiger partial charge < -0.3 is 15.8 Å². The predicted molar refractivity (Wildman–Crippen MR) is 70.8 cm³/mol. The van der Waals surface area contributed by atoms with Gasteiger partial charge in [0.1, 0.15) is 0 Å². The van der Waals surface area contributed by atoms with Crippen LogP contribution in [0, 0.1) is 5.92 Å². The van der Waals surface area contributed by atoms with Gasteiger partial charge in [0.15, 0.2) is 5.96 Å². The van der Waals surface area contributed by atoms with Crippen LogP contribution in [-0.2, 0) is 11.3 Å². The number of nitrogens with one attached hydrogen (secondary N) is 1. The molecule has 1 atom stereocenters. The van der Waals surface area contributed by atoms with E-state index in [4.69, 9.17) is 10.5 Å². The minimum absolute atomic E-state index is 0.402. The van der Waals surface area contributed by atoms with Crippen LogP contribution in [0.2, 0.25) is 0 Å². The van der Waals surface area contributed by atoms with Gasteiger partial charge in [-0.3, -0.25) is 4.99 Å². The minimum Gasteiger partial charge on any atom is -0.376 e. The molecular weight excluding hydrogens is 214 g/mol. The molecule has 17 heavy (non-hydrogen) atoms. The molecule has 0 fully saturated rings. The summed E-state index contributed by atoms with van der Waals surface area (Å²) in [7, 11) is 1.67. The molecule has 0 amide bonds. The maximum absolute atomic E-state index is 5.63. The fraction of sp³-hybridized carbons (Fsp3) is 0.462. The fourth-order valence-electron chi connectivity index (χ4n) is 1.37. The van der Waals surface area contributed by atoms with E-state index >= 15 is 0 Å². The molecular formula is C13H21N3O. The van der Waals surface area contributed by atoms with E-state index < -0.39 is 0 Å². The number of hydrogen-bond acceptors (Lipinski definition) is 2. The molecule has 94 valence electrons.